The third-order valence-corrected chi connectivity index (χ3v) is 5.74. The largest absolute Gasteiger partial charge is 0.472 e. The summed E-state index contributed by atoms with van der Waals surface area (Å²) in [7, 11) is 0. The Bertz CT molecular complexity index is 877. The first-order valence-corrected chi connectivity index (χ1v) is 10.6. The molecule has 0 bridgehead atoms. The first-order chi connectivity index (χ1) is 14.6. The summed E-state index contributed by atoms with van der Waals surface area (Å²) in [5.41, 5.74) is 1.46. The molecule has 2 aromatic rings. The van der Waals surface area contributed by atoms with Gasteiger partial charge in [0.15, 0.2) is 0 Å². The highest BCUT2D eigenvalue weighted by molar-refractivity contribution is 5.93. The number of amides is 3. The molecule has 1 aromatic heterocycles. The molecule has 7 heteroatoms. The van der Waals surface area contributed by atoms with E-state index in [1.807, 2.05) is 35.2 Å². The summed E-state index contributed by atoms with van der Waals surface area (Å²) in [5, 5.41) is 2.92. The second-order valence-electron chi connectivity index (χ2n) is 7.94. The highest BCUT2D eigenvalue weighted by Crippen LogP contribution is 2.35. The smallest absolute Gasteiger partial charge is 0.257 e. The fourth-order valence-corrected chi connectivity index (χ4v) is 3.96. The lowest BCUT2D eigenvalue weighted by Gasteiger charge is -2.32. The summed E-state index contributed by atoms with van der Waals surface area (Å²) in [4.78, 5) is 42.2. The summed E-state index contributed by atoms with van der Waals surface area (Å²) < 4.78 is 5.04. The Kier molecular flexibility index (Phi) is 6.16. The van der Waals surface area contributed by atoms with Crippen molar-refractivity contribution < 1.29 is 18.8 Å². The molecular formula is C23H27N3O4. The van der Waals surface area contributed by atoms with Gasteiger partial charge in [-0.25, -0.2) is 0 Å². The Balaban J connectivity index is 1.56. The van der Waals surface area contributed by atoms with Gasteiger partial charge >= 0.3 is 0 Å². The highest BCUT2D eigenvalue weighted by Gasteiger charge is 2.37. The Morgan fingerprint density at radius 1 is 1.03 bits per heavy atom. The number of nitrogens with zero attached hydrogens (tertiary/aromatic N) is 2. The monoisotopic (exact) mass is 409 g/mol. The number of nitrogens with one attached hydrogen (secondary N) is 1. The Hall–Kier alpha value is -3.09. The Morgan fingerprint density at radius 2 is 1.83 bits per heavy atom. The molecule has 158 valence electrons. The molecule has 0 radical (unpaired) electrons. The molecule has 3 amide bonds. The topological polar surface area (TPSA) is 82.9 Å². The van der Waals surface area contributed by atoms with Crippen LogP contribution < -0.4 is 5.32 Å². The van der Waals surface area contributed by atoms with Gasteiger partial charge in [0.25, 0.3) is 5.91 Å². The maximum atomic E-state index is 13.1. The van der Waals surface area contributed by atoms with E-state index in [4.69, 9.17) is 4.42 Å². The predicted molar refractivity (Wildman–Crippen MR) is 110 cm³/mol. The molecule has 1 aromatic carbocycles. The molecule has 30 heavy (non-hydrogen) atoms. The van der Waals surface area contributed by atoms with Gasteiger partial charge in [0.2, 0.25) is 11.8 Å². The minimum absolute atomic E-state index is 0.0630. The number of benzene rings is 1. The lowest BCUT2D eigenvalue weighted by molar-refractivity contribution is -0.136. The number of carbonyl (C=O) groups excluding carboxylic acids is 3. The molecule has 2 aliphatic rings. The van der Waals surface area contributed by atoms with Gasteiger partial charge in [0.1, 0.15) is 6.26 Å². The van der Waals surface area contributed by atoms with Crippen molar-refractivity contribution in [1.29, 1.82) is 0 Å². The lowest BCUT2D eigenvalue weighted by atomic mass is 10.0. The molecule has 1 saturated carbocycles. The van der Waals surface area contributed by atoms with Crippen molar-refractivity contribution in [3.8, 4) is 0 Å². The van der Waals surface area contributed by atoms with Crippen molar-refractivity contribution in [2.45, 2.75) is 31.7 Å². The zero-order chi connectivity index (χ0) is 20.9. The van der Waals surface area contributed by atoms with Crippen LogP contribution >= 0.6 is 0 Å². The van der Waals surface area contributed by atoms with Crippen LogP contribution in [0.25, 0.3) is 0 Å². The van der Waals surface area contributed by atoms with Gasteiger partial charge in [0.05, 0.1) is 24.3 Å². The van der Waals surface area contributed by atoms with Crippen LogP contribution in [-0.2, 0) is 9.59 Å². The zero-order valence-corrected chi connectivity index (χ0v) is 17.0. The molecule has 7 nitrogen and oxygen atoms in total. The molecule has 1 unspecified atom stereocenters. The fraction of sp³-hybridized carbons (Fsp3) is 0.435. The van der Waals surface area contributed by atoms with Gasteiger partial charge < -0.3 is 19.5 Å². The maximum Gasteiger partial charge on any atom is 0.257 e. The van der Waals surface area contributed by atoms with Gasteiger partial charge in [-0.15, -0.1) is 0 Å². The van der Waals surface area contributed by atoms with Crippen LogP contribution in [0.3, 0.4) is 0 Å². The lowest BCUT2D eigenvalue weighted by Crippen LogP contribution is -2.39. The van der Waals surface area contributed by atoms with Gasteiger partial charge in [-0.1, -0.05) is 30.3 Å². The Morgan fingerprint density at radius 3 is 2.53 bits per heavy atom. The third-order valence-electron chi connectivity index (χ3n) is 5.74. The quantitative estimate of drug-likeness (QED) is 0.845. The number of carbonyl (C=O) groups is 3. The summed E-state index contributed by atoms with van der Waals surface area (Å²) in [5.74, 6) is -0.0661. The molecule has 1 N–H and O–H groups in total. The molecule has 4 rings (SSSR count). The van der Waals surface area contributed by atoms with Crippen molar-refractivity contribution in [2.24, 2.45) is 5.92 Å². The van der Waals surface area contributed by atoms with Crippen molar-refractivity contribution in [3.05, 3.63) is 60.1 Å². The average molecular weight is 409 g/mol. The molecule has 2 fully saturated rings. The van der Waals surface area contributed by atoms with Crippen molar-refractivity contribution >= 4 is 17.7 Å². The van der Waals surface area contributed by atoms with E-state index in [1.54, 1.807) is 11.0 Å². The van der Waals surface area contributed by atoms with Crippen LogP contribution in [0, 0.1) is 5.92 Å². The van der Waals surface area contributed by atoms with E-state index in [2.05, 4.69) is 5.32 Å². The van der Waals surface area contributed by atoms with E-state index in [1.165, 1.54) is 12.5 Å². The molecule has 1 aliphatic heterocycles. The fourth-order valence-electron chi connectivity index (χ4n) is 3.96. The van der Waals surface area contributed by atoms with E-state index in [0.717, 1.165) is 18.4 Å². The number of rotatable bonds is 3. The molecule has 1 saturated heterocycles. The van der Waals surface area contributed by atoms with E-state index in [-0.39, 0.29) is 36.1 Å². The van der Waals surface area contributed by atoms with Gasteiger partial charge in [-0.05, 0) is 30.9 Å². The number of hydrogen-bond acceptors (Lipinski definition) is 4. The first kappa shape index (κ1) is 20.2. The van der Waals surface area contributed by atoms with Crippen molar-refractivity contribution in [2.75, 3.05) is 26.2 Å². The Labute approximate surface area is 176 Å². The second-order valence-corrected chi connectivity index (χ2v) is 7.94. The van der Waals surface area contributed by atoms with Crippen LogP contribution in [-0.4, -0.2) is 53.7 Å². The molecule has 1 aliphatic carbocycles. The summed E-state index contributed by atoms with van der Waals surface area (Å²) in [6, 6.07) is 11.1. The zero-order valence-electron chi connectivity index (χ0n) is 17.0. The van der Waals surface area contributed by atoms with Gasteiger partial charge in [-0.2, -0.15) is 0 Å². The molecule has 1 atom stereocenters. The average Bonchev–Trinajstić information content (AvgIpc) is 3.48. The van der Waals surface area contributed by atoms with E-state index < -0.39 is 0 Å². The highest BCUT2D eigenvalue weighted by atomic mass is 16.3. The SMILES string of the molecule is O=C1CC(c2ccccc2)N(C(=O)C2CC2)CCCN(C(=O)c2ccoc2)CCN1. The van der Waals surface area contributed by atoms with Crippen LogP contribution in [0.15, 0.2) is 53.3 Å². The molecular weight excluding hydrogens is 382 g/mol. The number of hydrogen-bond donors (Lipinski definition) is 1. The van der Waals surface area contributed by atoms with E-state index >= 15 is 0 Å². The second kappa shape index (κ2) is 9.15. The normalized spacial score (nSPS) is 20.9. The third kappa shape index (κ3) is 4.72. The van der Waals surface area contributed by atoms with E-state index in [9.17, 15) is 14.4 Å². The van der Waals surface area contributed by atoms with Crippen molar-refractivity contribution in [3.63, 3.8) is 0 Å². The minimum Gasteiger partial charge on any atom is -0.472 e. The summed E-state index contributed by atoms with van der Waals surface area (Å²) in [6.07, 6.45) is 5.60. The van der Waals surface area contributed by atoms with Crippen LogP contribution in [0.4, 0.5) is 0 Å². The minimum atomic E-state index is -0.296. The van der Waals surface area contributed by atoms with Crippen LogP contribution in [0.5, 0.6) is 0 Å². The standard InChI is InChI=1S/C23H27N3O4/c27-21-15-20(17-5-2-1-3-6-17)26(23(29)18-7-8-18)12-4-11-25(13-10-24-21)22(28)19-9-14-30-16-19/h1-3,5-6,9,14,16,18,20H,4,7-8,10-13,15H2,(H,24,27). The number of furan rings is 1. The van der Waals surface area contributed by atoms with Crippen LogP contribution in [0.1, 0.15) is 47.6 Å². The maximum absolute atomic E-state index is 13.1. The predicted octanol–water partition coefficient (Wildman–Crippen LogP) is 2.61. The van der Waals surface area contributed by atoms with Gasteiger partial charge in [0, 0.05) is 32.1 Å². The van der Waals surface area contributed by atoms with Crippen LogP contribution in [0.2, 0.25) is 0 Å². The van der Waals surface area contributed by atoms with Crippen molar-refractivity contribution in [1.82, 2.24) is 15.1 Å². The summed E-state index contributed by atoms with van der Waals surface area (Å²) >= 11 is 0. The molecule has 2 heterocycles. The molecule has 0 spiro atoms. The summed E-state index contributed by atoms with van der Waals surface area (Å²) in [6.45, 7) is 1.82. The first-order valence-electron chi connectivity index (χ1n) is 10.6. The van der Waals surface area contributed by atoms with E-state index in [0.29, 0.717) is 38.2 Å². The van der Waals surface area contributed by atoms with Gasteiger partial charge in [-0.3, -0.25) is 14.4 Å².